The number of hydrogen-bond donors (Lipinski definition) is 1. The molecule has 0 aliphatic heterocycles. The van der Waals surface area contributed by atoms with E-state index in [0.29, 0.717) is 21.4 Å². The summed E-state index contributed by atoms with van der Waals surface area (Å²) >= 11 is 11.9. The first-order chi connectivity index (χ1) is 14.5. The maximum absolute atomic E-state index is 12.6. The van der Waals surface area contributed by atoms with E-state index in [1.54, 1.807) is 36.2 Å². The zero-order chi connectivity index (χ0) is 21.3. The van der Waals surface area contributed by atoms with E-state index in [0.717, 1.165) is 28.0 Å². The molecule has 2 heterocycles. The maximum atomic E-state index is 12.6. The first-order valence-corrected chi connectivity index (χ1v) is 9.93. The first kappa shape index (κ1) is 20.2. The molecule has 2 aromatic carbocycles. The van der Waals surface area contributed by atoms with E-state index in [9.17, 15) is 4.79 Å². The quantitative estimate of drug-likeness (QED) is 0.453. The molecule has 30 heavy (non-hydrogen) atoms. The number of aromatic nitrogens is 3. The number of anilines is 1. The number of pyridine rings is 1. The van der Waals surface area contributed by atoms with Gasteiger partial charge in [0.2, 0.25) is 5.91 Å². The lowest BCUT2D eigenvalue weighted by Crippen LogP contribution is -2.19. The number of halogens is 2. The van der Waals surface area contributed by atoms with Crippen LogP contribution in [0.4, 0.5) is 5.69 Å². The van der Waals surface area contributed by atoms with Crippen LogP contribution in [0.5, 0.6) is 5.75 Å². The van der Waals surface area contributed by atoms with Crippen LogP contribution in [0.15, 0.2) is 54.7 Å². The highest BCUT2D eigenvalue weighted by Crippen LogP contribution is 2.31. The monoisotopic (exact) mass is 440 g/mol. The molecule has 0 unspecified atom stereocenters. The highest BCUT2D eigenvalue weighted by atomic mass is 35.5. The minimum Gasteiger partial charge on any atom is -0.497 e. The summed E-state index contributed by atoms with van der Waals surface area (Å²) in [6, 6.07) is 14.7. The summed E-state index contributed by atoms with van der Waals surface area (Å²) in [7, 11) is 1.64. The van der Waals surface area contributed by atoms with Crippen molar-refractivity contribution in [2.24, 2.45) is 0 Å². The predicted molar refractivity (Wildman–Crippen MR) is 119 cm³/mol. The second-order valence-electron chi connectivity index (χ2n) is 6.71. The second-order valence-corrected chi connectivity index (χ2v) is 7.52. The molecule has 0 radical (unpaired) electrons. The fraction of sp³-hybridized carbons (Fsp3) is 0.136. The first-order valence-electron chi connectivity index (χ1n) is 9.17. The number of amides is 1. The molecule has 4 aromatic rings. The zero-order valence-corrected chi connectivity index (χ0v) is 17.8. The van der Waals surface area contributed by atoms with Crippen molar-refractivity contribution in [1.82, 2.24) is 14.8 Å². The molecule has 0 aliphatic rings. The number of carbonyl (C=O) groups excluding carboxylic acids is 1. The van der Waals surface area contributed by atoms with E-state index < -0.39 is 0 Å². The van der Waals surface area contributed by atoms with Gasteiger partial charge < -0.3 is 10.1 Å². The van der Waals surface area contributed by atoms with Crippen molar-refractivity contribution in [2.45, 2.75) is 13.5 Å². The van der Waals surface area contributed by atoms with Crippen LogP contribution in [0, 0.1) is 6.92 Å². The second kappa shape index (κ2) is 8.34. The molecule has 1 N–H and O–H groups in total. The lowest BCUT2D eigenvalue weighted by Gasteiger charge is -2.08. The number of nitrogens with zero attached hydrogens (tertiary/aromatic N) is 3. The van der Waals surface area contributed by atoms with E-state index in [-0.39, 0.29) is 12.5 Å². The Hall–Kier alpha value is -3.09. The highest BCUT2D eigenvalue weighted by molar-refractivity contribution is 6.42. The van der Waals surface area contributed by atoms with E-state index >= 15 is 0 Å². The number of carbonyl (C=O) groups is 1. The number of benzene rings is 2. The third-order valence-electron chi connectivity index (χ3n) is 4.71. The fourth-order valence-electron chi connectivity index (χ4n) is 3.31. The Labute approximate surface area is 183 Å². The molecule has 0 saturated heterocycles. The molecule has 6 nitrogen and oxygen atoms in total. The molecule has 0 fully saturated rings. The molecular formula is C22H18Cl2N4O2. The molecule has 2 aromatic heterocycles. The van der Waals surface area contributed by atoms with E-state index in [1.165, 1.54) is 0 Å². The van der Waals surface area contributed by atoms with Crippen molar-refractivity contribution in [3.05, 3.63) is 70.5 Å². The summed E-state index contributed by atoms with van der Waals surface area (Å²) in [5.41, 5.74) is 4.02. The number of fused-ring (bicyclic) bond motifs is 1. The lowest BCUT2D eigenvalue weighted by atomic mass is 10.0. The summed E-state index contributed by atoms with van der Waals surface area (Å²) in [6.45, 7) is 1.92. The Morgan fingerprint density at radius 2 is 1.87 bits per heavy atom. The van der Waals surface area contributed by atoms with Gasteiger partial charge in [-0.05, 0) is 54.4 Å². The van der Waals surface area contributed by atoms with Crippen LogP contribution >= 0.6 is 23.2 Å². The van der Waals surface area contributed by atoms with Crippen LogP contribution in [0.25, 0.3) is 22.2 Å². The number of ether oxygens (including phenoxy) is 1. The van der Waals surface area contributed by atoms with Crippen LogP contribution in [0.1, 0.15) is 5.69 Å². The van der Waals surface area contributed by atoms with Crippen LogP contribution in [0.3, 0.4) is 0 Å². The molecule has 0 spiro atoms. The van der Waals surface area contributed by atoms with Crippen molar-refractivity contribution < 1.29 is 9.53 Å². The lowest BCUT2D eigenvalue weighted by molar-refractivity contribution is -0.116. The molecule has 8 heteroatoms. The predicted octanol–water partition coefficient (Wildman–Crippen LogP) is 5.36. The summed E-state index contributed by atoms with van der Waals surface area (Å²) in [5.74, 6) is 0.546. The van der Waals surface area contributed by atoms with Gasteiger partial charge in [0.05, 0.1) is 22.8 Å². The van der Waals surface area contributed by atoms with Gasteiger partial charge in [0.1, 0.15) is 12.3 Å². The van der Waals surface area contributed by atoms with Gasteiger partial charge in [-0.2, -0.15) is 5.10 Å². The van der Waals surface area contributed by atoms with Crippen molar-refractivity contribution >= 4 is 45.8 Å². The molecule has 4 rings (SSSR count). The number of rotatable bonds is 5. The summed E-state index contributed by atoms with van der Waals surface area (Å²) < 4.78 is 6.84. The van der Waals surface area contributed by atoms with E-state index in [4.69, 9.17) is 27.9 Å². The minimum absolute atomic E-state index is 0.0175. The molecule has 152 valence electrons. The van der Waals surface area contributed by atoms with Crippen LogP contribution in [0.2, 0.25) is 10.0 Å². The fourth-order valence-corrected chi connectivity index (χ4v) is 3.61. The number of nitrogens with one attached hydrogen (secondary N) is 1. The summed E-state index contributed by atoms with van der Waals surface area (Å²) in [4.78, 5) is 17.0. The summed E-state index contributed by atoms with van der Waals surface area (Å²) in [5, 5.41) is 9.06. The standard InChI is InChI=1S/C22H18Cl2N4O2/c1-13-21-17(14-3-6-16(30-2)7-4-14)9-10-25-22(21)28(27-13)12-20(29)26-15-5-8-18(23)19(24)11-15/h3-11H,12H2,1-2H3,(H,26,29). The van der Waals surface area contributed by atoms with Gasteiger partial charge in [0.25, 0.3) is 0 Å². The molecular weight excluding hydrogens is 423 g/mol. The normalized spacial score (nSPS) is 10.9. The average molecular weight is 441 g/mol. The van der Waals surface area contributed by atoms with E-state index in [2.05, 4.69) is 15.4 Å². The Bertz CT molecular complexity index is 1240. The van der Waals surface area contributed by atoms with Crippen LogP contribution in [-0.2, 0) is 11.3 Å². The van der Waals surface area contributed by atoms with Crippen molar-refractivity contribution in [3.63, 3.8) is 0 Å². The van der Waals surface area contributed by atoms with Gasteiger partial charge in [0.15, 0.2) is 5.65 Å². The average Bonchev–Trinajstić information content (AvgIpc) is 3.06. The zero-order valence-electron chi connectivity index (χ0n) is 16.3. The van der Waals surface area contributed by atoms with Gasteiger partial charge in [-0.25, -0.2) is 9.67 Å². The smallest absolute Gasteiger partial charge is 0.246 e. The Kier molecular flexibility index (Phi) is 5.61. The largest absolute Gasteiger partial charge is 0.497 e. The van der Waals surface area contributed by atoms with E-state index in [1.807, 2.05) is 37.3 Å². The molecule has 0 bridgehead atoms. The molecule has 0 atom stereocenters. The Morgan fingerprint density at radius 1 is 1.10 bits per heavy atom. The van der Waals surface area contributed by atoms with Crippen LogP contribution in [-0.4, -0.2) is 27.8 Å². The van der Waals surface area contributed by atoms with Crippen LogP contribution < -0.4 is 10.1 Å². The third-order valence-corrected chi connectivity index (χ3v) is 5.44. The highest BCUT2D eigenvalue weighted by Gasteiger charge is 2.16. The topological polar surface area (TPSA) is 69.0 Å². The van der Waals surface area contributed by atoms with Crippen molar-refractivity contribution in [1.29, 1.82) is 0 Å². The van der Waals surface area contributed by atoms with Gasteiger partial charge in [0, 0.05) is 17.3 Å². The SMILES string of the molecule is COc1ccc(-c2ccnc3c2c(C)nn3CC(=O)Nc2ccc(Cl)c(Cl)c2)cc1. The number of methoxy groups -OCH3 is 1. The Balaban J connectivity index is 1.63. The van der Waals surface area contributed by atoms with Gasteiger partial charge >= 0.3 is 0 Å². The maximum Gasteiger partial charge on any atom is 0.246 e. The molecule has 0 saturated carbocycles. The summed E-state index contributed by atoms with van der Waals surface area (Å²) in [6.07, 6.45) is 1.72. The van der Waals surface area contributed by atoms with Gasteiger partial charge in [-0.3, -0.25) is 4.79 Å². The molecule has 0 aliphatic carbocycles. The Morgan fingerprint density at radius 3 is 2.57 bits per heavy atom. The number of hydrogen-bond acceptors (Lipinski definition) is 4. The van der Waals surface area contributed by atoms with Gasteiger partial charge in [-0.15, -0.1) is 0 Å². The third kappa shape index (κ3) is 3.97. The minimum atomic E-state index is -0.241. The molecule has 1 amide bonds. The van der Waals surface area contributed by atoms with Gasteiger partial charge in [-0.1, -0.05) is 35.3 Å². The van der Waals surface area contributed by atoms with Crippen molar-refractivity contribution in [3.8, 4) is 16.9 Å². The number of aryl methyl sites for hydroxylation is 1. The van der Waals surface area contributed by atoms with Crippen molar-refractivity contribution in [2.75, 3.05) is 12.4 Å².